The van der Waals surface area contributed by atoms with Gasteiger partial charge in [-0.2, -0.15) is 0 Å². The number of hydrogen-bond donors (Lipinski definition) is 6. The van der Waals surface area contributed by atoms with Gasteiger partial charge in [0.25, 0.3) is 0 Å². The SMILES string of the molecule is COc1ccc(C2CC(=O)c3c(O)cc(O[C@@H]4OC(CO[C@@H]5OC(C)[C@H](O)C(C)[C@@H]5O)[C@@H](C)C(O)[C@@H]4O)cc3O2)cc1O. The monoisotopic (exact) mass is 606 g/mol. The molecule has 11 atom stereocenters. The lowest BCUT2D eigenvalue weighted by atomic mass is 9.90. The summed E-state index contributed by atoms with van der Waals surface area (Å²) >= 11 is 0. The van der Waals surface area contributed by atoms with E-state index in [-0.39, 0.29) is 47.4 Å². The van der Waals surface area contributed by atoms with E-state index in [0.717, 1.165) is 0 Å². The summed E-state index contributed by atoms with van der Waals surface area (Å²) in [5.74, 6) is -1.72. The topological polar surface area (TPSA) is 194 Å². The first-order valence-electron chi connectivity index (χ1n) is 14.1. The summed E-state index contributed by atoms with van der Waals surface area (Å²) in [5.41, 5.74) is 0.477. The van der Waals surface area contributed by atoms with Crippen molar-refractivity contribution >= 4 is 5.78 Å². The minimum absolute atomic E-state index is 0.00424. The number of aromatic hydroxyl groups is 2. The number of phenols is 2. The number of phenolic OH excluding ortho intramolecular Hbond substituents is 2. The predicted octanol–water partition coefficient (Wildman–Crippen LogP) is 1.39. The molecule has 0 aliphatic carbocycles. The molecule has 6 N–H and O–H groups in total. The van der Waals surface area contributed by atoms with Crippen molar-refractivity contribution in [3.05, 3.63) is 41.5 Å². The molecule has 2 aromatic carbocycles. The van der Waals surface area contributed by atoms with Gasteiger partial charge in [-0.3, -0.25) is 4.79 Å². The zero-order chi connectivity index (χ0) is 31.2. The number of rotatable bonds is 7. The Morgan fingerprint density at radius 2 is 1.60 bits per heavy atom. The Labute approximate surface area is 248 Å². The van der Waals surface area contributed by atoms with Crippen molar-refractivity contribution in [3.8, 4) is 28.7 Å². The standard InChI is InChI=1S/C30H38O13/c1-12-23(11-39-29-27(36)13(2)25(34)14(3)40-29)43-30(28(37)26(12)35)41-16-8-18(32)24-19(33)10-21(42-22(24)9-16)15-5-6-20(38-4)17(31)7-15/h5-9,12-14,21,23,25-32,34-37H,10-11H2,1-4H3/t12-,13?,14?,21?,23?,25-,26?,27+,28+,29-,30-/m1/s1. The van der Waals surface area contributed by atoms with Gasteiger partial charge in [0.1, 0.15) is 41.1 Å². The number of carbonyl (C=O) groups is 1. The summed E-state index contributed by atoms with van der Waals surface area (Å²) in [7, 11) is 1.42. The molecule has 13 heteroatoms. The Bertz CT molecular complexity index is 1320. The van der Waals surface area contributed by atoms with Gasteiger partial charge in [-0.1, -0.05) is 19.9 Å². The van der Waals surface area contributed by atoms with E-state index in [9.17, 15) is 35.4 Å². The van der Waals surface area contributed by atoms with Crippen LogP contribution in [0.2, 0.25) is 0 Å². The number of methoxy groups -OCH3 is 1. The predicted molar refractivity (Wildman–Crippen MR) is 147 cm³/mol. The number of ketones is 1. The largest absolute Gasteiger partial charge is 0.507 e. The van der Waals surface area contributed by atoms with Crippen LogP contribution in [0.25, 0.3) is 0 Å². The lowest BCUT2D eigenvalue weighted by Gasteiger charge is -2.43. The maximum Gasteiger partial charge on any atom is 0.229 e. The maximum atomic E-state index is 12.9. The first kappa shape index (κ1) is 31.3. The number of carbonyl (C=O) groups excluding carboxylic acids is 1. The molecule has 3 heterocycles. The van der Waals surface area contributed by atoms with Crippen molar-refractivity contribution in [3.63, 3.8) is 0 Å². The van der Waals surface area contributed by atoms with E-state index >= 15 is 0 Å². The second kappa shape index (κ2) is 12.4. The highest BCUT2D eigenvalue weighted by Gasteiger charge is 2.46. The third kappa shape index (κ3) is 6.11. The number of Topliss-reactive ketones (excluding diaryl/α,β-unsaturated/α-hetero) is 1. The fourth-order valence-electron chi connectivity index (χ4n) is 5.64. The second-order valence-corrected chi connectivity index (χ2v) is 11.4. The van der Waals surface area contributed by atoms with Gasteiger partial charge in [0, 0.05) is 24.0 Å². The summed E-state index contributed by atoms with van der Waals surface area (Å²) in [5, 5.41) is 63.0. The van der Waals surface area contributed by atoms with Crippen molar-refractivity contribution in [2.75, 3.05) is 13.7 Å². The van der Waals surface area contributed by atoms with Gasteiger partial charge in [0.2, 0.25) is 6.29 Å². The number of ether oxygens (including phenoxy) is 6. The molecule has 13 nitrogen and oxygen atoms in total. The first-order chi connectivity index (χ1) is 20.4. The Kier molecular flexibility index (Phi) is 9.05. The minimum atomic E-state index is -1.48. The van der Waals surface area contributed by atoms with Gasteiger partial charge in [0.15, 0.2) is 23.6 Å². The van der Waals surface area contributed by atoms with Crippen molar-refractivity contribution in [2.24, 2.45) is 11.8 Å². The zero-order valence-corrected chi connectivity index (χ0v) is 24.2. The molecular formula is C30H38O13. The van der Waals surface area contributed by atoms with Crippen LogP contribution in [0.15, 0.2) is 30.3 Å². The number of benzene rings is 2. The van der Waals surface area contributed by atoms with Gasteiger partial charge in [-0.05, 0) is 24.6 Å². The molecule has 2 saturated heterocycles. The van der Waals surface area contributed by atoms with Crippen molar-refractivity contribution < 1.29 is 63.9 Å². The second-order valence-electron chi connectivity index (χ2n) is 11.4. The van der Waals surface area contributed by atoms with E-state index in [1.165, 1.54) is 25.3 Å². The molecule has 5 unspecified atom stereocenters. The van der Waals surface area contributed by atoms with E-state index < -0.39 is 72.9 Å². The molecule has 0 radical (unpaired) electrons. The quantitative estimate of drug-likeness (QED) is 0.265. The van der Waals surface area contributed by atoms with Gasteiger partial charge < -0.3 is 59.1 Å². The van der Waals surface area contributed by atoms with Crippen LogP contribution in [-0.4, -0.2) is 99.3 Å². The Morgan fingerprint density at radius 1 is 0.860 bits per heavy atom. The van der Waals surface area contributed by atoms with Crippen LogP contribution in [-0.2, 0) is 14.2 Å². The third-order valence-corrected chi connectivity index (χ3v) is 8.47. The van der Waals surface area contributed by atoms with Crippen LogP contribution in [0.4, 0.5) is 0 Å². The average molecular weight is 607 g/mol. The van der Waals surface area contributed by atoms with Crippen LogP contribution in [0.3, 0.4) is 0 Å². The highest BCUT2D eigenvalue weighted by atomic mass is 16.7. The lowest BCUT2D eigenvalue weighted by molar-refractivity contribution is -0.305. The van der Waals surface area contributed by atoms with E-state index in [1.54, 1.807) is 32.9 Å². The third-order valence-electron chi connectivity index (χ3n) is 8.47. The van der Waals surface area contributed by atoms with Crippen molar-refractivity contribution in [2.45, 2.75) is 82.5 Å². The van der Waals surface area contributed by atoms with Crippen LogP contribution < -0.4 is 14.2 Å². The van der Waals surface area contributed by atoms with Crippen LogP contribution in [0, 0.1) is 11.8 Å². The minimum Gasteiger partial charge on any atom is -0.507 e. The van der Waals surface area contributed by atoms with E-state index in [0.29, 0.717) is 5.56 Å². The normalized spacial score (nSPS) is 36.0. The molecule has 0 bridgehead atoms. The molecule has 3 aliphatic rings. The van der Waals surface area contributed by atoms with E-state index in [2.05, 4.69) is 0 Å². The Balaban J connectivity index is 1.30. The molecular weight excluding hydrogens is 568 g/mol. The fraction of sp³-hybridized carbons (Fsp3) is 0.567. The number of aliphatic hydroxyl groups excluding tert-OH is 4. The summed E-state index contributed by atoms with van der Waals surface area (Å²) in [6.45, 7) is 4.88. The highest BCUT2D eigenvalue weighted by Crippen LogP contribution is 2.43. The molecule has 2 aromatic rings. The summed E-state index contributed by atoms with van der Waals surface area (Å²) < 4.78 is 34.2. The lowest BCUT2D eigenvalue weighted by Crippen LogP contribution is -2.58. The molecule has 236 valence electrons. The fourth-order valence-corrected chi connectivity index (χ4v) is 5.64. The molecule has 0 aromatic heterocycles. The maximum absolute atomic E-state index is 12.9. The van der Waals surface area contributed by atoms with Gasteiger partial charge in [-0.15, -0.1) is 0 Å². The summed E-state index contributed by atoms with van der Waals surface area (Å²) in [4.78, 5) is 12.9. The molecule has 5 rings (SSSR count). The Hall–Kier alpha value is -3.17. The number of aliphatic hydroxyl groups is 4. The van der Waals surface area contributed by atoms with Crippen molar-refractivity contribution in [1.29, 1.82) is 0 Å². The number of fused-ring (bicyclic) bond motifs is 1. The first-order valence-corrected chi connectivity index (χ1v) is 14.1. The van der Waals surface area contributed by atoms with Crippen molar-refractivity contribution in [1.82, 2.24) is 0 Å². The van der Waals surface area contributed by atoms with Gasteiger partial charge in [-0.25, -0.2) is 0 Å². The molecule has 0 saturated carbocycles. The van der Waals surface area contributed by atoms with Crippen LogP contribution in [0.5, 0.6) is 28.7 Å². The van der Waals surface area contributed by atoms with Crippen LogP contribution >= 0.6 is 0 Å². The smallest absolute Gasteiger partial charge is 0.229 e. The van der Waals surface area contributed by atoms with Gasteiger partial charge in [0.05, 0.1) is 44.6 Å². The van der Waals surface area contributed by atoms with E-state index in [4.69, 9.17) is 28.4 Å². The number of hydrogen-bond acceptors (Lipinski definition) is 13. The van der Waals surface area contributed by atoms with Gasteiger partial charge >= 0.3 is 0 Å². The molecule has 2 fully saturated rings. The molecule has 0 amide bonds. The average Bonchev–Trinajstić information content (AvgIpc) is 2.97. The van der Waals surface area contributed by atoms with E-state index in [1.807, 2.05) is 0 Å². The molecule has 43 heavy (non-hydrogen) atoms. The highest BCUT2D eigenvalue weighted by molar-refractivity contribution is 6.02. The zero-order valence-electron chi connectivity index (χ0n) is 24.2. The Morgan fingerprint density at radius 3 is 2.30 bits per heavy atom. The molecule has 0 spiro atoms. The molecule has 3 aliphatic heterocycles. The summed E-state index contributed by atoms with van der Waals surface area (Å²) in [6, 6.07) is 7.19. The van der Waals surface area contributed by atoms with Crippen LogP contribution in [0.1, 0.15) is 49.2 Å². The summed E-state index contributed by atoms with van der Waals surface area (Å²) in [6.07, 6.45) is -9.38.